The first-order valence-corrected chi connectivity index (χ1v) is 8.23. The Kier molecular flexibility index (Phi) is 5.25. The highest BCUT2D eigenvalue weighted by molar-refractivity contribution is 14.1. The van der Waals surface area contributed by atoms with Crippen molar-refractivity contribution >= 4 is 44.4 Å². The molecule has 3 nitrogen and oxygen atoms in total. The van der Waals surface area contributed by atoms with Crippen molar-refractivity contribution in [1.82, 2.24) is 9.80 Å². The Hall–Kier alpha value is -0.140. The summed E-state index contributed by atoms with van der Waals surface area (Å²) in [6, 6.07) is 5.86. The third-order valence-corrected chi connectivity index (χ3v) is 4.89. The van der Waals surface area contributed by atoms with E-state index in [0.717, 1.165) is 33.2 Å². The first kappa shape index (κ1) is 15.3. The molecular formula is C14H18BrIN2O. The van der Waals surface area contributed by atoms with E-state index in [-0.39, 0.29) is 5.91 Å². The van der Waals surface area contributed by atoms with Crippen LogP contribution in [0.3, 0.4) is 0 Å². The second kappa shape index (κ2) is 6.54. The molecule has 5 heteroatoms. The average molecular weight is 437 g/mol. The Morgan fingerprint density at radius 2 is 2.32 bits per heavy atom. The maximum atomic E-state index is 12.5. The topological polar surface area (TPSA) is 23.6 Å². The monoisotopic (exact) mass is 436 g/mol. The molecule has 0 aromatic heterocycles. The Bertz CT molecular complexity index is 481. The van der Waals surface area contributed by atoms with Crippen molar-refractivity contribution in [3.63, 3.8) is 0 Å². The number of hydrogen-bond donors (Lipinski definition) is 0. The highest BCUT2D eigenvalue weighted by atomic mass is 127. The van der Waals surface area contributed by atoms with Crippen LogP contribution in [0.2, 0.25) is 0 Å². The first-order chi connectivity index (χ1) is 8.97. The van der Waals surface area contributed by atoms with Crippen LogP contribution in [0, 0.1) is 9.49 Å². The minimum absolute atomic E-state index is 0.0972. The number of likely N-dealkylation sites (tertiary alicyclic amines) is 1. The molecule has 1 fully saturated rings. The number of amides is 1. The van der Waals surface area contributed by atoms with Crippen LogP contribution in [0.5, 0.6) is 0 Å². The van der Waals surface area contributed by atoms with Crippen LogP contribution in [0.1, 0.15) is 16.8 Å². The molecule has 1 saturated heterocycles. The molecule has 0 N–H and O–H groups in total. The zero-order chi connectivity index (χ0) is 14.0. The molecule has 104 valence electrons. The second-order valence-corrected chi connectivity index (χ2v) is 7.33. The summed E-state index contributed by atoms with van der Waals surface area (Å²) in [5.41, 5.74) is 0.751. The summed E-state index contributed by atoms with van der Waals surface area (Å²) in [4.78, 5) is 16.6. The number of carbonyl (C=O) groups is 1. The number of nitrogens with zero attached hydrogens (tertiary/aromatic N) is 2. The molecule has 0 spiro atoms. The van der Waals surface area contributed by atoms with Crippen molar-refractivity contribution in [3.05, 3.63) is 31.8 Å². The quantitative estimate of drug-likeness (QED) is 0.680. The summed E-state index contributed by atoms with van der Waals surface area (Å²) in [6.45, 7) is 3.06. The van der Waals surface area contributed by atoms with Crippen molar-refractivity contribution in [1.29, 1.82) is 0 Å². The van der Waals surface area contributed by atoms with Crippen LogP contribution >= 0.6 is 38.5 Å². The van der Waals surface area contributed by atoms with Gasteiger partial charge in [-0.05, 0) is 82.7 Å². The van der Waals surface area contributed by atoms with E-state index in [1.165, 1.54) is 6.42 Å². The van der Waals surface area contributed by atoms with E-state index in [1.54, 1.807) is 0 Å². The van der Waals surface area contributed by atoms with Crippen molar-refractivity contribution in [2.75, 3.05) is 33.7 Å². The molecule has 2 rings (SSSR count). The van der Waals surface area contributed by atoms with Gasteiger partial charge in [0.2, 0.25) is 0 Å². The Balaban J connectivity index is 2.04. The molecule has 1 heterocycles. The van der Waals surface area contributed by atoms with Gasteiger partial charge in [-0.2, -0.15) is 0 Å². The Morgan fingerprint density at radius 1 is 1.58 bits per heavy atom. The summed E-state index contributed by atoms with van der Waals surface area (Å²) in [7, 11) is 4.03. The average Bonchev–Trinajstić information content (AvgIpc) is 2.77. The van der Waals surface area contributed by atoms with Gasteiger partial charge in [0, 0.05) is 28.2 Å². The Morgan fingerprint density at radius 3 is 2.95 bits per heavy atom. The summed E-state index contributed by atoms with van der Waals surface area (Å²) in [5.74, 6) is 0.695. The molecular weight excluding hydrogens is 419 g/mol. The lowest BCUT2D eigenvalue weighted by Crippen LogP contribution is -2.33. The van der Waals surface area contributed by atoms with Crippen LogP contribution in [-0.2, 0) is 0 Å². The predicted molar refractivity (Wildman–Crippen MR) is 89.4 cm³/mol. The van der Waals surface area contributed by atoms with Crippen LogP contribution in [0.25, 0.3) is 0 Å². The largest absolute Gasteiger partial charge is 0.341 e. The molecule has 1 aliphatic heterocycles. The maximum absolute atomic E-state index is 12.5. The smallest absolute Gasteiger partial charge is 0.254 e. The highest BCUT2D eigenvalue weighted by Crippen LogP contribution is 2.22. The van der Waals surface area contributed by atoms with Gasteiger partial charge in [-0.15, -0.1) is 0 Å². The van der Waals surface area contributed by atoms with Crippen LogP contribution in [0.15, 0.2) is 22.7 Å². The van der Waals surface area contributed by atoms with Gasteiger partial charge in [0.25, 0.3) is 5.91 Å². The maximum Gasteiger partial charge on any atom is 0.254 e. The van der Waals surface area contributed by atoms with E-state index >= 15 is 0 Å². The molecule has 1 amide bonds. The van der Waals surface area contributed by atoms with Crippen LogP contribution in [-0.4, -0.2) is 49.4 Å². The molecule has 1 aliphatic rings. The fraction of sp³-hybridized carbons (Fsp3) is 0.500. The molecule has 19 heavy (non-hydrogen) atoms. The zero-order valence-corrected chi connectivity index (χ0v) is 14.9. The molecule has 0 bridgehead atoms. The second-order valence-electron chi connectivity index (χ2n) is 5.23. The van der Waals surface area contributed by atoms with Gasteiger partial charge >= 0.3 is 0 Å². The van der Waals surface area contributed by atoms with Crippen LogP contribution in [0.4, 0.5) is 0 Å². The molecule has 1 atom stereocenters. The lowest BCUT2D eigenvalue weighted by atomic mass is 10.1. The van der Waals surface area contributed by atoms with Crippen molar-refractivity contribution in [2.24, 2.45) is 5.92 Å². The van der Waals surface area contributed by atoms with Gasteiger partial charge in [0.05, 0.1) is 5.56 Å². The zero-order valence-electron chi connectivity index (χ0n) is 11.2. The van der Waals surface area contributed by atoms with Gasteiger partial charge in [-0.25, -0.2) is 0 Å². The highest BCUT2D eigenvalue weighted by Gasteiger charge is 2.23. The minimum atomic E-state index is 0.0972. The normalized spacial score (nSPS) is 19.7. The van der Waals surface area contributed by atoms with Gasteiger partial charge in [-0.1, -0.05) is 0 Å². The Labute approximate surface area is 136 Å². The molecule has 1 unspecified atom stereocenters. The van der Waals surface area contributed by atoms with Crippen molar-refractivity contribution < 1.29 is 4.79 Å². The summed E-state index contributed by atoms with van der Waals surface area (Å²) in [5, 5.41) is 0. The molecule has 1 aromatic rings. The molecule has 0 radical (unpaired) electrons. The third kappa shape index (κ3) is 3.92. The fourth-order valence-electron chi connectivity index (χ4n) is 2.51. The number of rotatable bonds is 3. The third-order valence-electron chi connectivity index (χ3n) is 3.53. The van der Waals surface area contributed by atoms with Gasteiger partial charge < -0.3 is 9.80 Å². The van der Waals surface area contributed by atoms with E-state index in [9.17, 15) is 4.79 Å². The van der Waals surface area contributed by atoms with Gasteiger partial charge in [0.1, 0.15) is 0 Å². The van der Waals surface area contributed by atoms with E-state index in [0.29, 0.717) is 5.92 Å². The SMILES string of the molecule is CN1CCC(CN(C)C(=O)c2cc(I)ccc2Br)C1. The minimum Gasteiger partial charge on any atom is -0.341 e. The van der Waals surface area contributed by atoms with E-state index in [4.69, 9.17) is 0 Å². The summed E-state index contributed by atoms with van der Waals surface area (Å²) < 4.78 is 1.95. The summed E-state index contributed by atoms with van der Waals surface area (Å²) in [6.07, 6.45) is 1.18. The lowest BCUT2D eigenvalue weighted by molar-refractivity contribution is 0.0773. The standard InChI is InChI=1S/C14H18BrIN2O/c1-17-6-5-10(8-17)9-18(2)14(19)12-7-11(16)3-4-13(12)15/h3-4,7,10H,5-6,8-9H2,1-2H3. The van der Waals surface area contributed by atoms with E-state index in [2.05, 4.69) is 50.5 Å². The van der Waals surface area contributed by atoms with E-state index in [1.807, 2.05) is 30.1 Å². The first-order valence-electron chi connectivity index (χ1n) is 6.36. The lowest BCUT2D eigenvalue weighted by Gasteiger charge is -2.22. The predicted octanol–water partition coefficient (Wildman–Crippen LogP) is 3.08. The fourth-order valence-corrected chi connectivity index (χ4v) is 3.42. The van der Waals surface area contributed by atoms with Crippen molar-refractivity contribution in [3.8, 4) is 0 Å². The number of hydrogen-bond acceptors (Lipinski definition) is 2. The summed E-state index contributed by atoms with van der Waals surface area (Å²) >= 11 is 5.70. The molecule has 0 aliphatic carbocycles. The van der Waals surface area contributed by atoms with E-state index < -0.39 is 0 Å². The van der Waals surface area contributed by atoms with Crippen LogP contribution < -0.4 is 0 Å². The van der Waals surface area contributed by atoms with Gasteiger partial charge in [0.15, 0.2) is 0 Å². The number of carbonyl (C=O) groups excluding carboxylic acids is 1. The van der Waals surface area contributed by atoms with Gasteiger partial charge in [-0.3, -0.25) is 4.79 Å². The molecule has 1 aromatic carbocycles. The number of benzene rings is 1. The number of halogens is 2. The molecule has 0 saturated carbocycles. The van der Waals surface area contributed by atoms with Crippen molar-refractivity contribution in [2.45, 2.75) is 6.42 Å².